The molecule has 3 aromatic carbocycles. The number of thiophene rings is 1. The monoisotopic (exact) mass is 859 g/mol. The Morgan fingerprint density at radius 2 is 1.27 bits per heavy atom. The maximum Gasteiger partial charge on any atom is 0.294 e. The third kappa shape index (κ3) is 10.9. The summed E-state index contributed by atoms with van der Waals surface area (Å²) in [5, 5.41) is 67.3. The van der Waals surface area contributed by atoms with Crippen LogP contribution in [0.4, 0.5) is 44.4 Å². The van der Waals surface area contributed by atoms with Gasteiger partial charge in [0, 0.05) is 26.7 Å². The number of hydrogen-bond acceptors (Lipinski definition) is 22. The van der Waals surface area contributed by atoms with Gasteiger partial charge in [0.05, 0.1) is 50.7 Å². The van der Waals surface area contributed by atoms with Crippen molar-refractivity contribution in [3.63, 3.8) is 0 Å². The molecule has 21 nitrogen and oxygen atoms in total. The Labute approximate surface area is 328 Å². The van der Waals surface area contributed by atoms with Crippen molar-refractivity contribution in [3.8, 4) is 12.1 Å². The third-order valence-corrected chi connectivity index (χ3v) is 10.6. The lowest BCUT2D eigenvalue weighted by atomic mass is 10.1. The van der Waals surface area contributed by atoms with Crippen LogP contribution < -0.4 is 10.6 Å². The summed E-state index contributed by atoms with van der Waals surface area (Å²) in [6.45, 7) is 1.54. The fourth-order valence-corrected chi connectivity index (χ4v) is 7.11. The Balaban J connectivity index is 1.52. The minimum atomic E-state index is -4.50. The fraction of sp³-hybridized carbons (Fsp3) is 0.0333. The second-order valence-corrected chi connectivity index (χ2v) is 15.8. The molecule has 0 aliphatic heterocycles. The van der Waals surface area contributed by atoms with Crippen LogP contribution in [0, 0.1) is 29.6 Å². The van der Waals surface area contributed by atoms with E-state index in [0.29, 0.717) is 33.9 Å². The zero-order valence-electron chi connectivity index (χ0n) is 27.7. The van der Waals surface area contributed by atoms with Crippen molar-refractivity contribution in [2.45, 2.75) is 26.5 Å². The van der Waals surface area contributed by atoms with Gasteiger partial charge in [-0.1, -0.05) is 21.4 Å². The molecule has 5 rings (SSSR count). The Morgan fingerprint density at radius 1 is 0.732 bits per heavy atom. The highest BCUT2D eigenvalue weighted by Gasteiger charge is 2.20. The summed E-state index contributed by atoms with van der Waals surface area (Å²) in [5.74, 6) is -0.0125. The van der Waals surface area contributed by atoms with E-state index in [9.17, 15) is 36.5 Å². The summed E-state index contributed by atoms with van der Waals surface area (Å²) in [5.41, 5.74) is 1.13. The molecule has 0 amide bonds. The molecule has 288 valence electrons. The molecule has 0 aliphatic carbocycles. The molecule has 0 saturated heterocycles. The first-order valence-electron chi connectivity index (χ1n) is 14.7. The number of anilines is 4. The highest BCUT2D eigenvalue weighted by molar-refractivity contribution is 7.95. The van der Waals surface area contributed by atoms with Crippen LogP contribution in [0.2, 0.25) is 0 Å². The Kier molecular flexibility index (Phi) is 13.8. The maximum atomic E-state index is 11.6. The van der Waals surface area contributed by atoms with E-state index in [1.807, 2.05) is 12.1 Å². The van der Waals surface area contributed by atoms with Gasteiger partial charge in [-0.3, -0.25) is 9.11 Å². The maximum absolute atomic E-state index is 11.6. The van der Waals surface area contributed by atoms with E-state index >= 15 is 0 Å². The van der Waals surface area contributed by atoms with Crippen molar-refractivity contribution >= 4 is 100 Å². The molecular weight excluding hydrogens is 839 g/mol. The molecule has 2 heterocycles. The van der Waals surface area contributed by atoms with Gasteiger partial charge < -0.3 is 10.6 Å². The molecular formula is C30H21N9O12S5. The lowest BCUT2D eigenvalue weighted by Crippen LogP contribution is -2.05. The predicted molar refractivity (Wildman–Crippen MR) is 198 cm³/mol. The van der Waals surface area contributed by atoms with Gasteiger partial charge in [-0.05, 0) is 79.7 Å². The molecule has 0 radical (unpaired) electrons. The van der Waals surface area contributed by atoms with Crippen molar-refractivity contribution in [1.82, 2.24) is 4.98 Å². The summed E-state index contributed by atoms with van der Waals surface area (Å²) in [6, 6.07) is 19.8. The van der Waals surface area contributed by atoms with Crippen molar-refractivity contribution in [2.24, 2.45) is 20.5 Å². The summed E-state index contributed by atoms with van der Waals surface area (Å²) in [7, 11) is -8.97. The Morgan fingerprint density at radius 3 is 1.75 bits per heavy atom. The van der Waals surface area contributed by atoms with Gasteiger partial charge in [-0.2, -0.15) is 27.4 Å². The lowest BCUT2D eigenvalue weighted by Gasteiger charge is -2.16. The normalized spacial score (nSPS) is 11.8. The van der Waals surface area contributed by atoms with Crippen LogP contribution in [-0.2, 0) is 39.0 Å². The number of aromatic nitrogens is 1. The van der Waals surface area contributed by atoms with E-state index in [-0.39, 0.29) is 70.9 Å². The number of benzene rings is 3. The Hall–Kier alpha value is -5.43. The number of azo groups is 2. The summed E-state index contributed by atoms with van der Waals surface area (Å²) in [4.78, 5) is 4.52. The molecule has 0 bridgehead atoms. The smallest absolute Gasteiger partial charge is 0.294 e. The lowest BCUT2D eigenvalue weighted by molar-refractivity contribution is -0.432. The average molecular weight is 860 g/mol. The van der Waals surface area contributed by atoms with E-state index < -0.39 is 20.2 Å². The number of nitrogens with zero attached hydrogens (tertiary/aromatic N) is 7. The standard InChI is InChI=1S/C30H21N9O12S5/c1-16-25(15-32)28(33-18-2-6-23(7-3-18)55(42,43)44)35-29(34-19-4-8-24(9-5-19)56(45,46)47)27(16)38-39-30-17(14-31)10-26(52-30)37-36-20-11-21(53-50-48-40)13-22(12-20)54-51-49-41/h2-13,40-41H,1H3,(H2,33,34,35)(H,42,43,44)(H,45,46,47). The molecule has 0 fully saturated rings. The van der Waals surface area contributed by atoms with Gasteiger partial charge >= 0.3 is 0 Å². The van der Waals surface area contributed by atoms with Crippen LogP contribution in [0.15, 0.2) is 113 Å². The van der Waals surface area contributed by atoms with Crippen molar-refractivity contribution in [3.05, 3.63) is 89.5 Å². The van der Waals surface area contributed by atoms with E-state index in [0.717, 1.165) is 35.6 Å². The average Bonchev–Trinajstić information content (AvgIpc) is 3.57. The first kappa shape index (κ1) is 41.7. The molecule has 0 spiro atoms. The van der Waals surface area contributed by atoms with Crippen LogP contribution >= 0.6 is 35.4 Å². The van der Waals surface area contributed by atoms with E-state index in [1.165, 1.54) is 48.5 Å². The number of rotatable bonds is 16. The second-order valence-electron chi connectivity index (χ2n) is 10.4. The van der Waals surface area contributed by atoms with Gasteiger partial charge in [-0.15, -0.1) is 29.1 Å². The number of pyridine rings is 1. The third-order valence-electron chi connectivity index (χ3n) is 6.87. The van der Waals surface area contributed by atoms with Gasteiger partial charge in [0.25, 0.3) is 20.2 Å². The van der Waals surface area contributed by atoms with Crippen molar-refractivity contribution < 1.29 is 55.2 Å². The number of hydrogen-bond donors (Lipinski definition) is 6. The van der Waals surface area contributed by atoms with E-state index in [4.69, 9.17) is 10.5 Å². The molecule has 0 saturated carbocycles. The van der Waals surface area contributed by atoms with E-state index in [1.54, 1.807) is 6.92 Å². The van der Waals surface area contributed by atoms with Crippen LogP contribution in [0.3, 0.4) is 0 Å². The number of nitriles is 2. The largest absolute Gasteiger partial charge is 0.339 e. The minimum absolute atomic E-state index is 0.00363. The molecule has 6 N–H and O–H groups in total. The Bertz CT molecular complexity index is 2580. The molecule has 56 heavy (non-hydrogen) atoms. The first-order valence-corrected chi connectivity index (χ1v) is 19.9. The quantitative estimate of drug-likeness (QED) is 0.0177. The molecule has 5 aromatic rings. The zero-order chi connectivity index (χ0) is 40.5. The predicted octanol–water partition coefficient (Wildman–Crippen LogP) is 8.86. The van der Waals surface area contributed by atoms with Gasteiger partial charge in [0.2, 0.25) is 0 Å². The highest BCUT2D eigenvalue weighted by Crippen LogP contribution is 2.41. The van der Waals surface area contributed by atoms with Crippen molar-refractivity contribution in [1.29, 1.82) is 10.5 Å². The molecule has 0 aliphatic rings. The van der Waals surface area contributed by atoms with Gasteiger partial charge in [-0.25, -0.2) is 15.5 Å². The summed E-state index contributed by atoms with van der Waals surface area (Å²) in [6.07, 6.45) is 0. The van der Waals surface area contributed by atoms with Crippen LogP contribution in [0.5, 0.6) is 0 Å². The highest BCUT2D eigenvalue weighted by atomic mass is 32.2. The topological polar surface area (TPSA) is 320 Å². The zero-order valence-corrected chi connectivity index (χ0v) is 31.7. The van der Waals surface area contributed by atoms with Gasteiger partial charge in [0.1, 0.15) is 22.8 Å². The van der Waals surface area contributed by atoms with Gasteiger partial charge in [0.15, 0.2) is 16.6 Å². The fourth-order valence-electron chi connectivity index (χ4n) is 4.42. The number of nitrogens with one attached hydrogen (secondary N) is 2. The first-order chi connectivity index (χ1) is 26.7. The van der Waals surface area contributed by atoms with Crippen LogP contribution in [0.25, 0.3) is 0 Å². The van der Waals surface area contributed by atoms with Crippen LogP contribution in [0.1, 0.15) is 16.7 Å². The van der Waals surface area contributed by atoms with E-state index in [2.05, 4.69) is 54.8 Å². The second kappa shape index (κ2) is 18.5. The van der Waals surface area contributed by atoms with Crippen molar-refractivity contribution in [2.75, 3.05) is 10.6 Å². The SMILES string of the molecule is Cc1c(C#N)c(Nc2ccc(S(=O)(=O)O)cc2)nc(Nc2ccc(S(=O)(=O)O)cc2)c1N=Nc1sc(N=Nc2cc(SOOO)cc(SOOO)c2)cc1C#N. The minimum Gasteiger partial charge on any atom is -0.339 e. The molecule has 26 heteroatoms. The van der Waals surface area contributed by atoms with Crippen LogP contribution in [-0.4, -0.2) is 41.4 Å². The molecule has 0 unspecified atom stereocenters. The summed E-state index contributed by atoms with van der Waals surface area (Å²) < 4.78 is 73.8. The molecule has 0 atom stereocenters. The summed E-state index contributed by atoms with van der Waals surface area (Å²) >= 11 is 2.16. The molecule has 2 aromatic heterocycles.